The van der Waals surface area contributed by atoms with E-state index in [0.29, 0.717) is 25.0 Å². The van der Waals surface area contributed by atoms with Crippen molar-refractivity contribution in [3.63, 3.8) is 0 Å². The van der Waals surface area contributed by atoms with Gasteiger partial charge in [-0.15, -0.1) is 0 Å². The fourth-order valence-corrected chi connectivity index (χ4v) is 3.00. The van der Waals surface area contributed by atoms with Gasteiger partial charge in [0.05, 0.1) is 5.69 Å². The van der Waals surface area contributed by atoms with E-state index < -0.39 is 11.6 Å². The minimum atomic E-state index is -0.756. The largest absolute Gasteiger partial charge is 0.323 e. The molecular formula is C14H17F2N3O. The highest BCUT2D eigenvalue weighted by atomic mass is 19.1. The second-order valence-corrected chi connectivity index (χ2v) is 5.42. The number of piperidine rings is 1. The summed E-state index contributed by atoms with van der Waals surface area (Å²) in [7, 11) is 0. The molecule has 2 amide bonds. The van der Waals surface area contributed by atoms with Gasteiger partial charge in [0.25, 0.3) is 0 Å². The minimum Gasteiger partial charge on any atom is -0.323 e. The summed E-state index contributed by atoms with van der Waals surface area (Å²) in [5, 5.41) is 5.91. The van der Waals surface area contributed by atoms with Crippen molar-refractivity contribution in [3.05, 3.63) is 29.8 Å². The van der Waals surface area contributed by atoms with Crippen LogP contribution in [-0.2, 0) is 0 Å². The number of carbonyl (C=O) groups is 1. The van der Waals surface area contributed by atoms with E-state index in [2.05, 4.69) is 10.6 Å². The van der Waals surface area contributed by atoms with Crippen LogP contribution in [0.2, 0.25) is 0 Å². The van der Waals surface area contributed by atoms with Gasteiger partial charge in [-0.25, -0.2) is 13.6 Å². The number of likely N-dealkylation sites (tertiary alicyclic amines) is 1. The zero-order valence-electron chi connectivity index (χ0n) is 11.0. The van der Waals surface area contributed by atoms with Crippen LogP contribution in [0.3, 0.4) is 0 Å². The number of rotatable bonds is 1. The number of hydrogen-bond acceptors (Lipinski definition) is 2. The van der Waals surface area contributed by atoms with E-state index in [4.69, 9.17) is 0 Å². The number of halogens is 2. The zero-order valence-corrected chi connectivity index (χ0v) is 11.0. The van der Waals surface area contributed by atoms with Gasteiger partial charge < -0.3 is 15.5 Å². The monoisotopic (exact) mass is 281 g/mol. The lowest BCUT2D eigenvalue weighted by Gasteiger charge is -2.24. The highest BCUT2D eigenvalue weighted by Gasteiger charge is 2.36. The average molecular weight is 281 g/mol. The summed E-state index contributed by atoms with van der Waals surface area (Å²) in [6.45, 7) is 2.31. The van der Waals surface area contributed by atoms with Gasteiger partial charge in [0.1, 0.15) is 11.6 Å². The Labute approximate surface area is 116 Å². The Kier molecular flexibility index (Phi) is 3.56. The Morgan fingerprint density at radius 3 is 2.95 bits per heavy atom. The van der Waals surface area contributed by atoms with Crippen molar-refractivity contribution in [3.8, 4) is 0 Å². The molecule has 6 heteroatoms. The van der Waals surface area contributed by atoms with Gasteiger partial charge in [-0.05, 0) is 37.4 Å². The predicted octanol–water partition coefficient (Wildman–Crippen LogP) is 2.18. The van der Waals surface area contributed by atoms with Crippen LogP contribution in [0.5, 0.6) is 0 Å². The topological polar surface area (TPSA) is 44.4 Å². The summed E-state index contributed by atoms with van der Waals surface area (Å²) in [4.78, 5) is 13.8. The third-order valence-electron chi connectivity index (χ3n) is 4.06. The number of nitrogens with zero attached hydrogens (tertiary/aromatic N) is 1. The molecule has 2 fully saturated rings. The average Bonchev–Trinajstić information content (AvgIpc) is 2.86. The highest BCUT2D eigenvalue weighted by Crippen LogP contribution is 2.25. The summed E-state index contributed by atoms with van der Waals surface area (Å²) in [5.41, 5.74) is 0.0132. The van der Waals surface area contributed by atoms with Crippen LogP contribution < -0.4 is 10.6 Å². The van der Waals surface area contributed by atoms with Crippen LogP contribution >= 0.6 is 0 Å². The van der Waals surface area contributed by atoms with Gasteiger partial charge in [0.2, 0.25) is 0 Å². The first-order valence-electron chi connectivity index (χ1n) is 6.88. The molecule has 4 nitrogen and oxygen atoms in total. The Bertz CT molecular complexity index is 509. The van der Waals surface area contributed by atoms with Gasteiger partial charge in [0, 0.05) is 25.2 Å². The van der Waals surface area contributed by atoms with Crippen molar-refractivity contribution in [2.24, 2.45) is 5.92 Å². The Balaban J connectivity index is 1.65. The van der Waals surface area contributed by atoms with E-state index >= 15 is 0 Å². The molecule has 0 spiro atoms. The van der Waals surface area contributed by atoms with E-state index in [9.17, 15) is 13.6 Å². The quantitative estimate of drug-likeness (QED) is 0.828. The minimum absolute atomic E-state index is 0.0132. The maximum Gasteiger partial charge on any atom is 0.321 e. The molecule has 2 saturated heterocycles. The molecule has 2 heterocycles. The highest BCUT2D eigenvalue weighted by molar-refractivity contribution is 5.89. The van der Waals surface area contributed by atoms with Crippen LogP contribution in [0.1, 0.15) is 12.8 Å². The lowest BCUT2D eigenvalue weighted by atomic mass is 9.94. The molecule has 2 atom stereocenters. The number of urea groups is 1. The van der Waals surface area contributed by atoms with Crippen LogP contribution in [0.4, 0.5) is 19.3 Å². The molecule has 2 aliphatic heterocycles. The summed E-state index contributed by atoms with van der Waals surface area (Å²) in [6, 6.07) is 3.15. The molecule has 108 valence electrons. The molecule has 0 saturated carbocycles. The van der Waals surface area contributed by atoms with Crippen molar-refractivity contribution in [2.45, 2.75) is 18.9 Å². The molecule has 2 aliphatic rings. The maximum absolute atomic E-state index is 13.5. The number of amides is 2. The third-order valence-corrected chi connectivity index (χ3v) is 4.06. The number of anilines is 1. The second-order valence-electron chi connectivity index (χ2n) is 5.42. The van der Waals surface area contributed by atoms with Crippen molar-refractivity contribution in [2.75, 3.05) is 25.0 Å². The lowest BCUT2D eigenvalue weighted by Crippen LogP contribution is -2.41. The first-order valence-corrected chi connectivity index (χ1v) is 6.88. The summed E-state index contributed by atoms with van der Waals surface area (Å²) in [6.07, 6.45) is 2.25. The molecule has 0 aromatic heterocycles. The summed E-state index contributed by atoms with van der Waals surface area (Å²) in [5.74, 6) is -0.933. The van der Waals surface area contributed by atoms with E-state index in [1.807, 2.05) is 0 Å². The van der Waals surface area contributed by atoms with Crippen LogP contribution in [0, 0.1) is 17.6 Å². The normalized spacial score (nSPS) is 25.4. The molecule has 1 aromatic rings. The summed E-state index contributed by atoms with van der Waals surface area (Å²) < 4.78 is 26.3. The van der Waals surface area contributed by atoms with Crippen molar-refractivity contribution < 1.29 is 13.6 Å². The van der Waals surface area contributed by atoms with Gasteiger partial charge in [-0.3, -0.25) is 0 Å². The molecule has 0 bridgehead atoms. The SMILES string of the molecule is O=C(Nc1ccc(F)cc1F)N1C[C@@H]2CCCN[C@@H]2C1. The van der Waals surface area contributed by atoms with Crippen LogP contribution in [0.15, 0.2) is 18.2 Å². The number of fused-ring (bicyclic) bond motifs is 1. The van der Waals surface area contributed by atoms with E-state index in [-0.39, 0.29) is 11.7 Å². The first kappa shape index (κ1) is 13.3. The molecular weight excluding hydrogens is 264 g/mol. The zero-order chi connectivity index (χ0) is 14.1. The third kappa shape index (κ3) is 2.60. The Morgan fingerprint density at radius 1 is 1.35 bits per heavy atom. The Hall–Kier alpha value is -1.69. The van der Waals surface area contributed by atoms with Gasteiger partial charge >= 0.3 is 6.03 Å². The molecule has 0 aliphatic carbocycles. The number of carbonyl (C=O) groups excluding carboxylic acids is 1. The fourth-order valence-electron chi connectivity index (χ4n) is 3.00. The lowest BCUT2D eigenvalue weighted by molar-refractivity contribution is 0.220. The summed E-state index contributed by atoms with van der Waals surface area (Å²) >= 11 is 0. The molecule has 20 heavy (non-hydrogen) atoms. The van der Waals surface area contributed by atoms with Crippen molar-refractivity contribution >= 4 is 11.7 Å². The maximum atomic E-state index is 13.5. The molecule has 3 rings (SSSR count). The molecule has 2 N–H and O–H groups in total. The molecule has 0 radical (unpaired) electrons. The van der Waals surface area contributed by atoms with Gasteiger partial charge in [-0.1, -0.05) is 0 Å². The van der Waals surface area contributed by atoms with Crippen LogP contribution in [0.25, 0.3) is 0 Å². The van der Waals surface area contributed by atoms with Gasteiger partial charge in [-0.2, -0.15) is 0 Å². The van der Waals surface area contributed by atoms with Gasteiger partial charge in [0.15, 0.2) is 0 Å². The predicted molar refractivity (Wildman–Crippen MR) is 71.5 cm³/mol. The standard InChI is InChI=1S/C14H17F2N3O/c15-10-3-4-12(11(16)6-10)18-14(20)19-7-9-2-1-5-17-13(9)8-19/h3-4,6,9,13,17H,1-2,5,7-8H2,(H,18,20)/t9-,13+/m0/s1. The second kappa shape index (κ2) is 5.36. The smallest absolute Gasteiger partial charge is 0.321 e. The van der Waals surface area contributed by atoms with E-state index in [1.54, 1.807) is 4.90 Å². The number of nitrogens with one attached hydrogen (secondary N) is 2. The first-order chi connectivity index (χ1) is 9.63. The number of benzene rings is 1. The fraction of sp³-hybridized carbons (Fsp3) is 0.500. The van der Waals surface area contributed by atoms with E-state index in [1.165, 1.54) is 6.07 Å². The van der Waals surface area contributed by atoms with Crippen molar-refractivity contribution in [1.29, 1.82) is 0 Å². The number of hydrogen-bond donors (Lipinski definition) is 2. The van der Waals surface area contributed by atoms with E-state index in [0.717, 1.165) is 31.5 Å². The van der Waals surface area contributed by atoms with Crippen molar-refractivity contribution in [1.82, 2.24) is 10.2 Å². The van der Waals surface area contributed by atoms with Crippen LogP contribution in [-0.4, -0.2) is 36.6 Å². The molecule has 0 unspecified atom stereocenters. The molecule has 1 aromatic carbocycles. The Morgan fingerprint density at radius 2 is 2.20 bits per heavy atom.